The molecule has 5 rings (SSSR count). The molecule has 86 heavy (non-hydrogen) atoms. The van der Waals surface area contributed by atoms with Crippen LogP contribution in [0.15, 0.2) is 60.7 Å². The van der Waals surface area contributed by atoms with Crippen LogP contribution in [0, 0.1) is 5.92 Å². The highest BCUT2D eigenvalue weighted by atomic mass is 16.6. The first-order valence-corrected chi connectivity index (χ1v) is 29.0. The molecule has 6 N–H and O–H groups in total. The molecule has 3 aliphatic heterocycles. The molecule has 27 nitrogen and oxygen atoms in total. The first-order chi connectivity index (χ1) is 40.7. The Bertz CT molecular complexity index is 2730. The minimum atomic E-state index is -1.55. The quantitative estimate of drug-likeness (QED) is 0.196. The van der Waals surface area contributed by atoms with Crippen LogP contribution >= 0.6 is 0 Å². The zero-order chi connectivity index (χ0) is 63.4. The van der Waals surface area contributed by atoms with E-state index in [2.05, 4.69) is 31.9 Å². The van der Waals surface area contributed by atoms with Gasteiger partial charge in [0.15, 0.2) is 0 Å². The SMILES string of the molecule is CC(C)[C@H]1C(=O)NC[C@@H](NC(=O)OCc2ccccc2)C(=O)N2CCCC[C@H]2C(=O)NCC(=O)N(C)CC(=O)N(C)[C@@H]([C@@H](C)OC(C)(C)C)C(=O)NC[C@@H](NC(=O)OCc2ccccc2)C(=O)N2CCCC[C@H]2C(=O)NCC(=O)N(C)CC(=O)N1C. The summed E-state index contributed by atoms with van der Waals surface area (Å²) in [6.45, 7) is 6.42. The highest BCUT2D eigenvalue weighted by Gasteiger charge is 2.42. The van der Waals surface area contributed by atoms with E-state index in [4.69, 9.17) is 14.2 Å². The van der Waals surface area contributed by atoms with E-state index in [9.17, 15) is 57.5 Å². The van der Waals surface area contributed by atoms with Crippen molar-refractivity contribution >= 4 is 71.3 Å². The Morgan fingerprint density at radius 1 is 0.535 bits per heavy atom. The molecule has 472 valence electrons. The summed E-state index contributed by atoms with van der Waals surface area (Å²) in [5.41, 5.74) is 0.437. The molecule has 2 aromatic carbocycles. The van der Waals surface area contributed by atoms with Crippen molar-refractivity contribution in [2.75, 3.05) is 80.5 Å². The number of benzene rings is 2. The fourth-order valence-corrected chi connectivity index (χ4v) is 10.4. The Morgan fingerprint density at radius 2 is 0.919 bits per heavy atom. The van der Waals surface area contributed by atoms with Gasteiger partial charge in [0.2, 0.25) is 59.1 Å². The van der Waals surface area contributed by atoms with Crippen molar-refractivity contribution in [2.24, 2.45) is 5.92 Å². The number of carbonyl (C=O) groups excluding carboxylic acids is 12. The summed E-state index contributed by atoms with van der Waals surface area (Å²) in [6.07, 6.45) is -0.811. The van der Waals surface area contributed by atoms with Gasteiger partial charge >= 0.3 is 12.2 Å². The maximum absolute atomic E-state index is 14.7. The molecule has 0 radical (unpaired) electrons. The van der Waals surface area contributed by atoms with Crippen molar-refractivity contribution in [1.82, 2.24) is 61.3 Å². The van der Waals surface area contributed by atoms with Gasteiger partial charge in [0.25, 0.3) is 0 Å². The predicted molar refractivity (Wildman–Crippen MR) is 311 cm³/mol. The maximum atomic E-state index is 14.7. The molecule has 27 heteroatoms. The summed E-state index contributed by atoms with van der Waals surface area (Å²) >= 11 is 0. The van der Waals surface area contributed by atoms with E-state index in [0.717, 1.165) is 19.6 Å². The van der Waals surface area contributed by atoms with Crippen molar-refractivity contribution in [2.45, 2.75) is 141 Å². The standard InChI is InChI=1S/C59H86N12O15/c1-37(2)49-53(78)60-29-41(64-57(82)84-35-39-21-13-11-14-22-39)55(80)70-27-19-17-25-43(70)51(76)63-32-46(73)67(8)34-48(75)69(10)50(38(3)86-59(4,5)6)54(79)61-30-42(65-58(83)85-36-40-23-15-12-16-24-40)56(81)71-28-20-18-26-44(71)52(77)62-31-45(72)66(7)33-47(74)68(49)9/h11-16,21-24,37-38,41-44,49-50H,17-20,25-36H2,1-10H3,(H,60,78)(H,61,79)(H,62,77)(H,63,76)(H,64,82)(H,65,83)/t38-,41-,42-,43+,44+,49+,50+/m1/s1. The molecule has 0 unspecified atom stereocenters. The van der Waals surface area contributed by atoms with Crippen LogP contribution in [-0.2, 0) is 75.4 Å². The number of hydrogen-bond acceptors (Lipinski definition) is 15. The molecule has 0 aliphatic carbocycles. The summed E-state index contributed by atoms with van der Waals surface area (Å²) in [7, 11) is 5.33. The van der Waals surface area contributed by atoms with Crippen molar-refractivity contribution < 1.29 is 71.7 Å². The highest BCUT2D eigenvalue weighted by Crippen LogP contribution is 2.22. The van der Waals surface area contributed by atoms with E-state index in [0.29, 0.717) is 36.8 Å². The normalized spacial score (nSPS) is 23.6. The Balaban J connectivity index is 1.47. The number of amides is 12. The van der Waals surface area contributed by atoms with Gasteiger partial charge in [-0.05, 0) is 83.3 Å². The molecule has 0 spiro atoms. The molecular formula is C59H86N12O15. The number of nitrogens with zero attached hydrogens (tertiary/aromatic N) is 6. The predicted octanol–water partition coefficient (Wildman–Crippen LogP) is 0.247. The van der Waals surface area contributed by atoms with Crippen molar-refractivity contribution in [3.63, 3.8) is 0 Å². The van der Waals surface area contributed by atoms with Gasteiger partial charge in [-0.25, -0.2) is 9.59 Å². The fraction of sp³-hybridized carbons (Fsp3) is 0.593. The number of fused-ring (bicyclic) bond motifs is 2. The first kappa shape index (κ1) is 68.4. The lowest BCUT2D eigenvalue weighted by atomic mass is 9.99. The molecule has 0 bridgehead atoms. The van der Waals surface area contributed by atoms with Crippen molar-refractivity contribution in [3.05, 3.63) is 71.8 Å². The number of ether oxygens (including phenoxy) is 3. The topological polar surface area (TPSA) is 324 Å². The maximum Gasteiger partial charge on any atom is 0.408 e. The van der Waals surface area contributed by atoms with Crippen LogP contribution in [0.2, 0.25) is 0 Å². The second kappa shape index (κ2) is 32.2. The van der Waals surface area contributed by atoms with E-state index < -0.39 is 164 Å². The molecule has 3 heterocycles. The molecule has 12 amide bonds. The van der Waals surface area contributed by atoms with Gasteiger partial charge in [-0.1, -0.05) is 74.5 Å². The number of hydrogen-bond donors (Lipinski definition) is 6. The lowest BCUT2D eigenvalue weighted by molar-refractivity contribution is -0.152. The third-order valence-electron chi connectivity index (χ3n) is 14.9. The van der Waals surface area contributed by atoms with Gasteiger partial charge in [0.05, 0.1) is 37.9 Å². The number of alkyl carbamates (subject to hydrolysis) is 2. The van der Waals surface area contributed by atoms with E-state index >= 15 is 0 Å². The lowest BCUT2D eigenvalue weighted by Gasteiger charge is -2.38. The van der Waals surface area contributed by atoms with Crippen LogP contribution in [0.4, 0.5) is 9.59 Å². The molecule has 3 saturated heterocycles. The van der Waals surface area contributed by atoms with Crippen LogP contribution in [0.5, 0.6) is 0 Å². The van der Waals surface area contributed by atoms with Crippen LogP contribution in [0.25, 0.3) is 0 Å². The Morgan fingerprint density at radius 3 is 1.30 bits per heavy atom. The van der Waals surface area contributed by atoms with E-state index in [1.54, 1.807) is 102 Å². The monoisotopic (exact) mass is 1200 g/mol. The third kappa shape index (κ3) is 20.1. The Labute approximate surface area is 502 Å². The lowest BCUT2D eigenvalue weighted by Crippen LogP contribution is -2.62. The average Bonchev–Trinajstić information content (AvgIpc) is 2.77. The number of rotatable bonds is 9. The van der Waals surface area contributed by atoms with E-state index in [1.165, 1.54) is 38.0 Å². The van der Waals surface area contributed by atoms with Gasteiger partial charge in [0.1, 0.15) is 49.5 Å². The second-order valence-corrected chi connectivity index (χ2v) is 23.1. The molecule has 2 aromatic rings. The molecule has 0 saturated carbocycles. The molecule has 0 aromatic heterocycles. The smallest absolute Gasteiger partial charge is 0.408 e. The van der Waals surface area contributed by atoms with Crippen LogP contribution in [-0.4, -0.2) is 229 Å². The van der Waals surface area contributed by atoms with Crippen LogP contribution in [0.1, 0.15) is 91.2 Å². The van der Waals surface area contributed by atoms with E-state index in [-0.39, 0.29) is 39.1 Å². The summed E-state index contributed by atoms with van der Waals surface area (Å²) < 4.78 is 17.1. The first-order valence-electron chi connectivity index (χ1n) is 29.0. The van der Waals surface area contributed by atoms with Gasteiger partial charge in [-0.15, -0.1) is 0 Å². The van der Waals surface area contributed by atoms with Gasteiger partial charge < -0.3 is 75.5 Å². The molecule has 3 fully saturated rings. The minimum absolute atomic E-state index is 0.0431. The summed E-state index contributed by atoms with van der Waals surface area (Å²) in [5, 5.41) is 15.6. The van der Waals surface area contributed by atoms with Crippen LogP contribution < -0.4 is 31.9 Å². The van der Waals surface area contributed by atoms with Gasteiger partial charge in [0, 0.05) is 54.4 Å². The largest absolute Gasteiger partial charge is 0.445 e. The zero-order valence-corrected chi connectivity index (χ0v) is 51.0. The number of carbonyl (C=O) groups is 12. The fourth-order valence-electron chi connectivity index (χ4n) is 10.4. The number of nitrogens with one attached hydrogen (secondary N) is 6. The zero-order valence-electron chi connectivity index (χ0n) is 51.0. The van der Waals surface area contributed by atoms with Crippen molar-refractivity contribution in [3.8, 4) is 0 Å². The summed E-state index contributed by atoms with van der Waals surface area (Å²) in [6, 6.07) is 9.50. The number of piperidine rings is 2. The Hall–Kier alpha value is -8.36. The molecule has 3 aliphatic rings. The highest BCUT2D eigenvalue weighted by molar-refractivity contribution is 5.97. The van der Waals surface area contributed by atoms with Gasteiger partial charge in [-0.2, -0.15) is 0 Å². The Kier molecular flexibility index (Phi) is 25.6. The molecule has 7 atom stereocenters. The molecular weight excluding hydrogens is 1120 g/mol. The minimum Gasteiger partial charge on any atom is -0.445 e. The van der Waals surface area contributed by atoms with Crippen molar-refractivity contribution in [1.29, 1.82) is 0 Å². The summed E-state index contributed by atoms with van der Waals surface area (Å²) in [5.74, 6) is -7.90. The van der Waals surface area contributed by atoms with E-state index in [1.807, 2.05) is 0 Å². The third-order valence-corrected chi connectivity index (χ3v) is 14.9. The number of likely N-dealkylation sites (N-methyl/N-ethyl adjacent to an activating group) is 4. The van der Waals surface area contributed by atoms with Crippen LogP contribution in [0.3, 0.4) is 0 Å². The second-order valence-electron chi connectivity index (χ2n) is 23.1. The average molecular weight is 1200 g/mol. The summed E-state index contributed by atoms with van der Waals surface area (Å²) in [4.78, 5) is 175. The van der Waals surface area contributed by atoms with Gasteiger partial charge in [-0.3, -0.25) is 47.9 Å².